The molecule has 0 saturated carbocycles. The molecular weight excluding hydrogens is 573 g/mol. The summed E-state index contributed by atoms with van der Waals surface area (Å²) in [5.41, 5.74) is 8.05. The van der Waals surface area contributed by atoms with Crippen molar-refractivity contribution in [1.29, 1.82) is 5.26 Å². The fourth-order valence-corrected chi connectivity index (χ4v) is 5.00. The Hall–Kier alpha value is -4.53. The van der Waals surface area contributed by atoms with E-state index in [1.807, 2.05) is 34.9 Å². The minimum atomic E-state index is -4.55. The number of nitrogens with two attached hydrogens (primary N) is 1. The Balaban J connectivity index is 1.56. The number of hydrogen-bond acceptors (Lipinski definition) is 5. The van der Waals surface area contributed by atoms with Crippen LogP contribution in [0.5, 0.6) is 0 Å². The number of ketones is 1. The fraction of sp³-hybridized carbons (Fsp3) is 0.250. The van der Waals surface area contributed by atoms with Crippen LogP contribution in [-0.2, 0) is 30.5 Å². The summed E-state index contributed by atoms with van der Waals surface area (Å²) in [6, 6.07) is 23.7. The van der Waals surface area contributed by atoms with E-state index in [0.717, 1.165) is 11.6 Å². The van der Waals surface area contributed by atoms with Crippen LogP contribution in [0.25, 0.3) is 0 Å². The first-order valence-corrected chi connectivity index (χ1v) is 14.1. The zero-order valence-corrected chi connectivity index (χ0v) is 24.1. The molecule has 0 unspecified atom stereocenters. The molecule has 4 aromatic rings. The molecule has 43 heavy (non-hydrogen) atoms. The van der Waals surface area contributed by atoms with Gasteiger partial charge in [-0.15, -0.1) is 0 Å². The number of rotatable bonds is 12. The van der Waals surface area contributed by atoms with E-state index < -0.39 is 17.7 Å². The number of hydrogen-bond donors (Lipinski definition) is 2. The smallest absolute Gasteiger partial charge is 0.344 e. The quantitative estimate of drug-likeness (QED) is 0.197. The van der Waals surface area contributed by atoms with Gasteiger partial charge in [0.1, 0.15) is 5.78 Å². The lowest BCUT2D eigenvalue weighted by atomic mass is 9.95. The number of anilines is 1. The van der Waals surface area contributed by atoms with Gasteiger partial charge in [0.05, 0.1) is 23.5 Å². The van der Waals surface area contributed by atoms with Crippen LogP contribution >= 0.6 is 12.2 Å². The lowest BCUT2D eigenvalue weighted by Crippen LogP contribution is -2.41. The molecule has 0 spiro atoms. The molecule has 0 aliphatic heterocycles. The summed E-state index contributed by atoms with van der Waals surface area (Å²) in [5, 5.41) is 12.3. The van der Waals surface area contributed by atoms with Gasteiger partial charge in [-0.25, -0.2) is 4.98 Å². The molecule has 0 radical (unpaired) electrons. The van der Waals surface area contributed by atoms with E-state index in [0.29, 0.717) is 29.9 Å². The predicted molar refractivity (Wildman–Crippen MR) is 163 cm³/mol. The summed E-state index contributed by atoms with van der Waals surface area (Å²) in [6.45, 7) is 0.595. The highest BCUT2D eigenvalue weighted by Crippen LogP contribution is 2.32. The topological polar surface area (TPSA) is 100.0 Å². The van der Waals surface area contributed by atoms with Crippen molar-refractivity contribution in [2.24, 2.45) is 11.7 Å². The summed E-state index contributed by atoms with van der Waals surface area (Å²) in [5.74, 6) is -0.722. The van der Waals surface area contributed by atoms with Crippen molar-refractivity contribution in [2.75, 3.05) is 18.4 Å². The number of carbonyl (C=O) groups is 1. The Morgan fingerprint density at radius 3 is 2.44 bits per heavy atom. The molecule has 11 heteroatoms. The summed E-state index contributed by atoms with van der Waals surface area (Å²) in [4.78, 5) is 19.5. The molecule has 0 aliphatic carbocycles. The van der Waals surface area contributed by atoms with Crippen LogP contribution in [-0.4, -0.2) is 38.4 Å². The number of alkyl halides is 3. The number of carbonyl (C=O) groups excluding carboxylic acids is 1. The van der Waals surface area contributed by atoms with Crippen molar-refractivity contribution < 1.29 is 18.0 Å². The number of halogens is 3. The molecule has 1 atom stereocenters. The van der Waals surface area contributed by atoms with Crippen LogP contribution in [0.4, 0.5) is 18.9 Å². The molecule has 222 valence electrons. The summed E-state index contributed by atoms with van der Waals surface area (Å²) in [6.07, 6.45) is -0.894. The van der Waals surface area contributed by atoms with Gasteiger partial charge in [-0.1, -0.05) is 48.5 Å². The van der Waals surface area contributed by atoms with Crippen LogP contribution in [0.1, 0.15) is 34.4 Å². The first kappa shape index (κ1) is 31.4. The van der Waals surface area contributed by atoms with Gasteiger partial charge in [-0.05, 0) is 66.6 Å². The third-order valence-electron chi connectivity index (χ3n) is 7.00. The molecule has 7 nitrogen and oxygen atoms in total. The number of Topliss-reactive ketones (excluding diaryl/α,β-unsaturated/α-hetero) is 1. The van der Waals surface area contributed by atoms with E-state index in [4.69, 9.17) is 23.2 Å². The van der Waals surface area contributed by atoms with E-state index in [-0.39, 0.29) is 42.5 Å². The molecule has 0 fully saturated rings. The van der Waals surface area contributed by atoms with Crippen LogP contribution in [0.3, 0.4) is 0 Å². The lowest BCUT2D eigenvalue weighted by Gasteiger charge is -2.30. The molecule has 0 aliphatic rings. The number of nitriles is 1. The zero-order chi connectivity index (χ0) is 30.8. The molecule has 0 saturated heterocycles. The molecule has 0 amide bonds. The van der Waals surface area contributed by atoms with Gasteiger partial charge in [-0.2, -0.15) is 18.4 Å². The molecule has 1 heterocycles. The van der Waals surface area contributed by atoms with Crippen LogP contribution in [0.15, 0.2) is 91.4 Å². The van der Waals surface area contributed by atoms with Gasteiger partial charge >= 0.3 is 6.18 Å². The van der Waals surface area contributed by atoms with Crippen molar-refractivity contribution in [3.8, 4) is 6.07 Å². The van der Waals surface area contributed by atoms with Crippen LogP contribution < -0.4 is 11.1 Å². The highest BCUT2D eigenvalue weighted by Gasteiger charge is 2.34. The Bertz CT molecular complexity index is 1560. The Labute approximate surface area is 253 Å². The first-order chi connectivity index (χ1) is 20.7. The molecule has 0 bridgehead atoms. The predicted octanol–water partition coefficient (Wildman–Crippen LogP) is 5.80. The third kappa shape index (κ3) is 8.73. The zero-order valence-electron chi connectivity index (χ0n) is 23.3. The number of imidazole rings is 1. The lowest BCUT2D eigenvalue weighted by molar-refractivity contribution is -0.138. The SMILES string of the molecule is N#Cc1ccc(Cn2cncc2CC(=O)[C@@H](CCN)CN(Cc2ccccc2C(F)(F)F)C(=S)Nc2ccccc2)cc1. The van der Waals surface area contributed by atoms with Gasteiger partial charge < -0.3 is 20.5 Å². The first-order valence-electron chi connectivity index (χ1n) is 13.6. The minimum Gasteiger partial charge on any atom is -0.344 e. The van der Waals surface area contributed by atoms with Crippen molar-refractivity contribution in [3.05, 3.63) is 119 Å². The molecule has 3 aromatic carbocycles. The van der Waals surface area contributed by atoms with E-state index in [9.17, 15) is 18.0 Å². The van der Waals surface area contributed by atoms with Crippen molar-refractivity contribution >= 4 is 28.8 Å². The second kappa shape index (κ2) is 14.6. The van der Waals surface area contributed by atoms with Gasteiger partial charge in [0.15, 0.2) is 5.11 Å². The summed E-state index contributed by atoms with van der Waals surface area (Å²) < 4.78 is 43.4. The van der Waals surface area contributed by atoms with Crippen LogP contribution in [0.2, 0.25) is 0 Å². The van der Waals surface area contributed by atoms with Crippen LogP contribution in [0, 0.1) is 17.2 Å². The number of thiocarbonyl (C=S) groups is 1. The van der Waals surface area contributed by atoms with Gasteiger partial charge in [0.2, 0.25) is 0 Å². The Morgan fingerprint density at radius 2 is 1.77 bits per heavy atom. The summed E-state index contributed by atoms with van der Waals surface area (Å²) in [7, 11) is 0. The second-order valence-corrected chi connectivity index (χ2v) is 10.5. The van der Waals surface area contributed by atoms with E-state index in [2.05, 4.69) is 16.4 Å². The third-order valence-corrected chi connectivity index (χ3v) is 7.36. The van der Waals surface area contributed by atoms with E-state index in [1.54, 1.807) is 47.8 Å². The number of para-hydroxylation sites is 1. The summed E-state index contributed by atoms with van der Waals surface area (Å²) >= 11 is 5.67. The standard InChI is InChI=1S/C32H31F3N6OS/c33-32(34,35)29-9-5-4-6-25(29)20-40(31(43)39-27-7-2-1-3-8-27)21-26(14-15-36)30(42)16-28-18-38-22-41(28)19-24-12-10-23(17-37)11-13-24/h1-13,18,22,26H,14-16,19-21,36H2,(H,39,43)/t26-/m0/s1. The maximum Gasteiger partial charge on any atom is 0.416 e. The van der Waals surface area contributed by atoms with Crippen molar-refractivity contribution in [3.63, 3.8) is 0 Å². The highest BCUT2D eigenvalue weighted by molar-refractivity contribution is 7.80. The largest absolute Gasteiger partial charge is 0.416 e. The fourth-order valence-electron chi connectivity index (χ4n) is 4.75. The van der Waals surface area contributed by atoms with Gasteiger partial charge in [-0.3, -0.25) is 4.79 Å². The maximum absolute atomic E-state index is 13.8. The van der Waals surface area contributed by atoms with Gasteiger partial charge in [0, 0.05) is 49.6 Å². The Morgan fingerprint density at radius 1 is 1.07 bits per heavy atom. The average Bonchev–Trinajstić information content (AvgIpc) is 3.43. The normalized spacial score (nSPS) is 11.9. The number of nitrogens with one attached hydrogen (secondary N) is 1. The Kier molecular flexibility index (Phi) is 10.6. The molecular formula is C32H31F3N6OS. The second-order valence-electron chi connectivity index (χ2n) is 10.1. The number of benzene rings is 3. The highest BCUT2D eigenvalue weighted by atomic mass is 32.1. The number of aromatic nitrogens is 2. The van der Waals surface area contributed by atoms with E-state index in [1.165, 1.54) is 12.1 Å². The van der Waals surface area contributed by atoms with Crippen molar-refractivity contribution in [1.82, 2.24) is 14.5 Å². The minimum absolute atomic E-state index is 0.0478. The molecule has 3 N–H and O–H groups in total. The molecule has 1 aromatic heterocycles. The van der Waals surface area contributed by atoms with Gasteiger partial charge in [0.25, 0.3) is 0 Å². The average molecular weight is 605 g/mol. The monoisotopic (exact) mass is 604 g/mol. The maximum atomic E-state index is 13.8. The number of nitrogens with zero attached hydrogens (tertiary/aromatic N) is 4. The molecule has 4 rings (SSSR count). The van der Waals surface area contributed by atoms with E-state index >= 15 is 0 Å². The van der Waals surface area contributed by atoms with Crippen molar-refractivity contribution in [2.45, 2.75) is 32.1 Å².